The smallest absolute Gasteiger partial charge is 0.425 e. The maximum atomic E-state index is 12.3. The van der Waals surface area contributed by atoms with Crippen molar-refractivity contribution in [2.24, 2.45) is 0 Å². The van der Waals surface area contributed by atoms with E-state index in [4.69, 9.17) is 10.5 Å². The molecule has 0 saturated heterocycles. The van der Waals surface area contributed by atoms with Gasteiger partial charge in [-0.15, -0.1) is 0 Å². The molecule has 0 fully saturated rings. The standard InChI is InChI=1S/C10H14F3N3O2/c1-5(2)17-8-7(14)9(16-4-15-8)18-6(3)10(11,12)13/h4-6H,14H2,1-3H3. The summed E-state index contributed by atoms with van der Waals surface area (Å²) in [4.78, 5) is 7.29. The summed E-state index contributed by atoms with van der Waals surface area (Å²) >= 11 is 0. The predicted molar refractivity (Wildman–Crippen MR) is 58.4 cm³/mol. The minimum Gasteiger partial charge on any atom is -0.473 e. The van der Waals surface area contributed by atoms with Gasteiger partial charge >= 0.3 is 6.18 Å². The van der Waals surface area contributed by atoms with Crippen molar-refractivity contribution in [1.29, 1.82) is 0 Å². The van der Waals surface area contributed by atoms with Crippen LogP contribution in [0.5, 0.6) is 11.8 Å². The quantitative estimate of drug-likeness (QED) is 0.903. The molecule has 1 aromatic heterocycles. The Labute approximate surface area is 102 Å². The van der Waals surface area contributed by atoms with E-state index >= 15 is 0 Å². The van der Waals surface area contributed by atoms with Crippen molar-refractivity contribution >= 4 is 5.69 Å². The van der Waals surface area contributed by atoms with Crippen molar-refractivity contribution in [3.63, 3.8) is 0 Å². The van der Waals surface area contributed by atoms with E-state index in [0.29, 0.717) is 0 Å². The Morgan fingerprint density at radius 3 is 2.06 bits per heavy atom. The number of halogens is 3. The van der Waals surface area contributed by atoms with Gasteiger partial charge in [-0.1, -0.05) is 0 Å². The first kappa shape index (κ1) is 14.3. The zero-order valence-electron chi connectivity index (χ0n) is 10.2. The first-order valence-corrected chi connectivity index (χ1v) is 5.22. The summed E-state index contributed by atoms with van der Waals surface area (Å²) in [7, 11) is 0. The Balaban J connectivity index is 2.90. The van der Waals surface area contributed by atoms with E-state index in [1.807, 2.05) is 0 Å². The van der Waals surface area contributed by atoms with Gasteiger partial charge in [0, 0.05) is 0 Å². The molecule has 18 heavy (non-hydrogen) atoms. The van der Waals surface area contributed by atoms with Gasteiger partial charge in [0.25, 0.3) is 0 Å². The summed E-state index contributed by atoms with van der Waals surface area (Å²) in [5, 5.41) is 0. The molecule has 0 amide bonds. The fourth-order valence-electron chi connectivity index (χ4n) is 1.01. The predicted octanol–water partition coefficient (Wildman–Crippen LogP) is 2.18. The van der Waals surface area contributed by atoms with E-state index in [-0.39, 0.29) is 23.6 Å². The summed E-state index contributed by atoms with van der Waals surface area (Å²) in [5.41, 5.74) is 5.43. The molecular formula is C10H14F3N3O2. The minimum atomic E-state index is -4.49. The van der Waals surface area contributed by atoms with Crippen LogP contribution in [0.15, 0.2) is 6.33 Å². The van der Waals surface area contributed by atoms with Gasteiger partial charge in [-0.05, 0) is 20.8 Å². The van der Waals surface area contributed by atoms with Gasteiger partial charge in [0.1, 0.15) is 6.33 Å². The third kappa shape index (κ3) is 3.64. The number of anilines is 1. The third-order valence-electron chi connectivity index (χ3n) is 1.91. The number of aromatic nitrogens is 2. The molecule has 0 spiro atoms. The van der Waals surface area contributed by atoms with Crippen LogP contribution in [0, 0.1) is 0 Å². The Morgan fingerprint density at radius 1 is 1.11 bits per heavy atom. The lowest BCUT2D eigenvalue weighted by atomic mass is 10.4. The molecule has 1 aromatic rings. The second-order valence-corrected chi connectivity index (χ2v) is 3.87. The molecule has 0 aliphatic rings. The zero-order chi connectivity index (χ0) is 13.9. The van der Waals surface area contributed by atoms with Crippen LogP contribution >= 0.6 is 0 Å². The van der Waals surface area contributed by atoms with Gasteiger partial charge in [0.15, 0.2) is 11.8 Å². The van der Waals surface area contributed by atoms with Crippen LogP contribution in [0.2, 0.25) is 0 Å². The molecule has 1 rings (SSSR count). The Bertz CT molecular complexity index is 410. The summed E-state index contributed by atoms with van der Waals surface area (Å²) < 4.78 is 46.9. The molecule has 1 atom stereocenters. The number of hydrogen-bond acceptors (Lipinski definition) is 5. The number of alkyl halides is 3. The molecular weight excluding hydrogens is 251 g/mol. The first-order valence-electron chi connectivity index (χ1n) is 5.22. The second-order valence-electron chi connectivity index (χ2n) is 3.87. The monoisotopic (exact) mass is 265 g/mol. The Hall–Kier alpha value is -1.73. The van der Waals surface area contributed by atoms with Gasteiger partial charge in [-0.3, -0.25) is 0 Å². The SMILES string of the molecule is CC(C)Oc1ncnc(OC(C)C(F)(F)F)c1N. The topological polar surface area (TPSA) is 70.3 Å². The van der Waals surface area contributed by atoms with E-state index in [1.54, 1.807) is 13.8 Å². The van der Waals surface area contributed by atoms with Crippen molar-refractivity contribution in [2.75, 3.05) is 5.73 Å². The number of hydrogen-bond donors (Lipinski definition) is 1. The fourth-order valence-corrected chi connectivity index (χ4v) is 1.01. The first-order chi connectivity index (χ1) is 8.21. The molecule has 0 aromatic carbocycles. The van der Waals surface area contributed by atoms with Gasteiger partial charge in [-0.2, -0.15) is 23.1 Å². The Morgan fingerprint density at radius 2 is 1.61 bits per heavy atom. The van der Waals surface area contributed by atoms with Crippen LogP contribution in [0.3, 0.4) is 0 Å². The average molecular weight is 265 g/mol. The van der Waals surface area contributed by atoms with E-state index in [2.05, 4.69) is 14.7 Å². The highest BCUT2D eigenvalue weighted by atomic mass is 19.4. The molecule has 0 aliphatic carbocycles. The van der Waals surface area contributed by atoms with Crippen molar-refractivity contribution in [3.8, 4) is 11.8 Å². The average Bonchev–Trinajstić information content (AvgIpc) is 2.21. The van der Waals surface area contributed by atoms with Crippen LogP contribution in [-0.2, 0) is 0 Å². The highest BCUT2D eigenvalue weighted by Crippen LogP contribution is 2.31. The summed E-state index contributed by atoms with van der Waals surface area (Å²) in [5.74, 6) is -0.338. The van der Waals surface area contributed by atoms with E-state index in [9.17, 15) is 13.2 Å². The van der Waals surface area contributed by atoms with Crippen molar-refractivity contribution < 1.29 is 22.6 Å². The number of nitrogens with two attached hydrogens (primary N) is 1. The van der Waals surface area contributed by atoms with Gasteiger partial charge in [-0.25, -0.2) is 0 Å². The van der Waals surface area contributed by atoms with E-state index < -0.39 is 12.3 Å². The van der Waals surface area contributed by atoms with Crippen molar-refractivity contribution in [3.05, 3.63) is 6.33 Å². The summed E-state index contributed by atoms with van der Waals surface area (Å²) in [6.45, 7) is 4.34. The maximum absolute atomic E-state index is 12.3. The fraction of sp³-hybridized carbons (Fsp3) is 0.600. The molecule has 0 radical (unpaired) electrons. The minimum absolute atomic E-state index is 0.00405. The van der Waals surface area contributed by atoms with Crippen molar-refractivity contribution in [1.82, 2.24) is 9.97 Å². The molecule has 5 nitrogen and oxygen atoms in total. The summed E-state index contributed by atoms with van der Waals surface area (Å²) in [6.07, 6.45) is -5.68. The second kappa shape index (κ2) is 5.28. The number of nitrogen functional groups attached to an aromatic ring is 1. The number of ether oxygens (including phenoxy) is 2. The summed E-state index contributed by atoms with van der Waals surface area (Å²) in [6, 6.07) is 0. The van der Waals surface area contributed by atoms with E-state index in [0.717, 1.165) is 13.3 Å². The van der Waals surface area contributed by atoms with Gasteiger partial charge < -0.3 is 15.2 Å². The highest BCUT2D eigenvalue weighted by molar-refractivity contribution is 5.55. The Kier molecular flexibility index (Phi) is 4.20. The molecule has 102 valence electrons. The largest absolute Gasteiger partial charge is 0.473 e. The molecule has 8 heteroatoms. The van der Waals surface area contributed by atoms with Crippen LogP contribution in [0.25, 0.3) is 0 Å². The van der Waals surface area contributed by atoms with Crippen LogP contribution in [0.4, 0.5) is 18.9 Å². The molecule has 0 aliphatic heterocycles. The maximum Gasteiger partial charge on any atom is 0.425 e. The lowest BCUT2D eigenvalue weighted by molar-refractivity contribution is -0.189. The van der Waals surface area contributed by atoms with E-state index in [1.165, 1.54) is 0 Å². The van der Waals surface area contributed by atoms with Crippen LogP contribution in [0.1, 0.15) is 20.8 Å². The van der Waals surface area contributed by atoms with Crippen LogP contribution < -0.4 is 15.2 Å². The lowest BCUT2D eigenvalue weighted by Crippen LogP contribution is -2.31. The zero-order valence-corrected chi connectivity index (χ0v) is 10.2. The number of nitrogens with zero attached hydrogens (tertiary/aromatic N) is 2. The van der Waals surface area contributed by atoms with Gasteiger partial charge in [0.05, 0.1) is 6.10 Å². The van der Waals surface area contributed by atoms with Gasteiger partial charge in [0.2, 0.25) is 11.8 Å². The normalized spacial score (nSPS) is 13.5. The lowest BCUT2D eigenvalue weighted by Gasteiger charge is -2.18. The van der Waals surface area contributed by atoms with Crippen LogP contribution in [-0.4, -0.2) is 28.4 Å². The molecule has 1 heterocycles. The molecule has 1 unspecified atom stereocenters. The molecule has 0 saturated carbocycles. The molecule has 2 N–H and O–H groups in total. The molecule has 0 bridgehead atoms. The van der Waals surface area contributed by atoms with Crippen molar-refractivity contribution in [2.45, 2.75) is 39.2 Å². The highest BCUT2D eigenvalue weighted by Gasteiger charge is 2.38. The number of rotatable bonds is 4. The third-order valence-corrected chi connectivity index (χ3v) is 1.91.